The van der Waals surface area contributed by atoms with Crippen LogP contribution in [0.5, 0.6) is 0 Å². The number of nitriles is 1. The van der Waals surface area contributed by atoms with Crippen LogP contribution in [0, 0.1) is 11.3 Å². The van der Waals surface area contributed by atoms with E-state index in [9.17, 15) is 5.26 Å². The van der Waals surface area contributed by atoms with Gasteiger partial charge in [-0.15, -0.1) is 0 Å². The average molecular weight is 246 g/mol. The van der Waals surface area contributed by atoms with Crippen LogP contribution in [0.15, 0.2) is 30.3 Å². The zero-order chi connectivity index (χ0) is 12.8. The predicted molar refractivity (Wildman–Crippen MR) is 68.0 cm³/mol. The number of nitrogens with one attached hydrogen (secondary N) is 1. The third kappa shape index (κ3) is 2.70. The Hall–Kier alpha value is -1.41. The van der Waals surface area contributed by atoms with Gasteiger partial charge >= 0.3 is 0 Å². The summed E-state index contributed by atoms with van der Waals surface area (Å²) in [6, 6.07) is 12.0. The Morgan fingerprint density at radius 1 is 1.50 bits per heavy atom. The molecule has 1 aromatic rings. The molecule has 2 atom stereocenters. The number of hydrogen-bond donors (Lipinski definition) is 1. The molecule has 4 heteroatoms. The highest BCUT2D eigenvalue weighted by Crippen LogP contribution is 2.22. The van der Waals surface area contributed by atoms with Crippen molar-refractivity contribution in [3.05, 3.63) is 35.9 Å². The average Bonchev–Trinajstić information content (AvgIpc) is 2.95. The number of benzene rings is 1. The molecule has 1 N–H and O–H groups in total. The highest BCUT2D eigenvalue weighted by Gasteiger charge is 2.32. The number of ether oxygens (including phenoxy) is 2. The van der Waals surface area contributed by atoms with Crippen LogP contribution in [0.3, 0.4) is 0 Å². The van der Waals surface area contributed by atoms with Crippen molar-refractivity contribution in [1.82, 2.24) is 5.32 Å². The van der Waals surface area contributed by atoms with Crippen molar-refractivity contribution in [3.8, 4) is 6.07 Å². The molecule has 2 unspecified atom stereocenters. The minimum Gasteiger partial charge on any atom is -0.379 e. The highest BCUT2D eigenvalue weighted by molar-refractivity contribution is 5.31. The minimum absolute atomic E-state index is 0.106. The quantitative estimate of drug-likeness (QED) is 0.854. The summed E-state index contributed by atoms with van der Waals surface area (Å²) in [5, 5.41) is 12.6. The summed E-state index contributed by atoms with van der Waals surface area (Å²) >= 11 is 0. The van der Waals surface area contributed by atoms with Crippen molar-refractivity contribution < 1.29 is 9.47 Å². The van der Waals surface area contributed by atoms with Crippen molar-refractivity contribution in [2.24, 2.45) is 0 Å². The van der Waals surface area contributed by atoms with E-state index < -0.39 is 5.54 Å². The Bertz CT molecular complexity index is 410. The Kier molecular flexibility index (Phi) is 4.32. The normalized spacial score (nSPS) is 22.3. The fraction of sp³-hybridized carbons (Fsp3) is 0.500. The second kappa shape index (κ2) is 5.96. The molecule has 0 aromatic heterocycles. The molecule has 1 aliphatic rings. The first-order valence-corrected chi connectivity index (χ1v) is 6.16. The molecule has 0 radical (unpaired) electrons. The molecule has 96 valence electrons. The van der Waals surface area contributed by atoms with Crippen molar-refractivity contribution >= 4 is 0 Å². The van der Waals surface area contributed by atoms with E-state index in [0.717, 1.165) is 18.6 Å². The van der Waals surface area contributed by atoms with Gasteiger partial charge in [0.25, 0.3) is 0 Å². The summed E-state index contributed by atoms with van der Waals surface area (Å²) in [5.74, 6) is 0. The topological polar surface area (TPSA) is 54.3 Å². The van der Waals surface area contributed by atoms with Gasteiger partial charge in [0.15, 0.2) is 5.54 Å². The number of hydrogen-bond acceptors (Lipinski definition) is 4. The van der Waals surface area contributed by atoms with Crippen LogP contribution in [0.2, 0.25) is 0 Å². The summed E-state index contributed by atoms with van der Waals surface area (Å²) in [7, 11) is 1.78. The number of likely N-dealkylation sites (N-methyl/N-ethyl adjacent to an activating group) is 1. The Labute approximate surface area is 108 Å². The van der Waals surface area contributed by atoms with E-state index in [2.05, 4.69) is 11.4 Å². The Balaban J connectivity index is 2.09. The lowest BCUT2D eigenvalue weighted by atomic mass is 9.92. The first-order valence-electron chi connectivity index (χ1n) is 6.16. The van der Waals surface area contributed by atoms with Gasteiger partial charge in [-0.3, -0.25) is 5.32 Å². The van der Waals surface area contributed by atoms with Gasteiger partial charge in [0, 0.05) is 6.61 Å². The molecule has 0 amide bonds. The van der Waals surface area contributed by atoms with Gasteiger partial charge in [-0.05, 0) is 19.0 Å². The van der Waals surface area contributed by atoms with Gasteiger partial charge in [-0.1, -0.05) is 30.3 Å². The minimum atomic E-state index is -0.788. The van der Waals surface area contributed by atoms with E-state index in [4.69, 9.17) is 9.47 Å². The second-order valence-corrected chi connectivity index (χ2v) is 4.43. The molecule has 0 saturated carbocycles. The summed E-state index contributed by atoms with van der Waals surface area (Å²) in [6.45, 7) is 1.70. The number of nitrogens with zero attached hydrogens (tertiary/aromatic N) is 1. The molecule has 0 spiro atoms. The second-order valence-electron chi connectivity index (χ2n) is 4.43. The van der Waals surface area contributed by atoms with Crippen LogP contribution in [-0.4, -0.2) is 33.0 Å². The summed E-state index contributed by atoms with van der Waals surface area (Å²) in [6.07, 6.45) is 1.01. The van der Waals surface area contributed by atoms with Gasteiger partial charge in [0.05, 0.1) is 25.4 Å². The molecule has 1 aliphatic heterocycles. The Morgan fingerprint density at radius 2 is 2.28 bits per heavy atom. The summed E-state index contributed by atoms with van der Waals surface area (Å²) in [4.78, 5) is 0. The lowest BCUT2D eigenvalue weighted by molar-refractivity contribution is 0.0174. The summed E-state index contributed by atoms with van der Waals surface area (Å²) in [5.41, 5.74) is 0.137. The standard InChI is InChI=1S/C14H18N2O2/c1-16-14(10-15,12-5-3-2-4-6-12)11-18-13-7-8-17-9-13/h2-6,13,16H,7-9,11H2,1H3. The third-order valence-electron chi connectivity index (χ3n) is 3.31. The van der Waals surface area contributed by atoms with Crippen LogP contribution >= 0.6 is 0 Å². The fourth-order valence-electron chi connectivity index (χ4n) is 2.06. The van der Waals surface area contributed by atoms with Gasteiger partial charge in [0.2, 0.25) is 0 Å². The van der Waals surface area contributed by atoms with Gasteiger partial charge in [-0.25, -0.2) is 0 Å². The lowest BCUT2D eigenvalue weighted by Gasteiger charge is -2.27. The molecule has 1 fully saturated rings. The first kappa shape index (κ1) is 13.0. The predicted octanol–water partition coefficient (Wildman–Crippen LogP) is 1.43. The van der Waals surface area contributed by atoms with Crippen molar-refractivity contribution in [2.45, 2.75) is 18.1 Å². The zero-order valence-corrected chi connectivity index (χ0v) is 10.6. The lowest BCUT2D eigenvalue weighted by Crippen LogP contribution is -2.44. The van der Waals surface area contributed by atoms with Crippen LogP contribution in [0.25, 0.3) is 0 Å². The molecular weight excluding hydrogens is 228 g/mol. The molecule has 1 saturated heterocycles. The van der Waals surface area contributed by atoms with E-state index in [0.29, 0.717) is 13.2 Å². The van der Waals surface area contributed by atoms with Crippen LogP contribution in [-0.2, 0) is 15.0 Å². The monoisotopic (exact) mass is 246 g/mol. The van der Waals surface area contributed by atoms with Crippen LogP contribution in [0.1, 0.15) is 12.0 Å². The molecule has 1 heterocycles. The highest BCUT2D eigenvalue weighted by atomic mass is 16.5. The maximum atomic E-state index is 9.48. The molecule has 0 bridgehead atoms. The molecule has 18 heavy (non-hydrogen) atoms. The first-order chi connectivity index (χ1) is 8.80. The smallest absolute Gasteiger partial charge is 0.155 e. The van der Waals surface area contributed by atoms with Gasteiger partial charge in [-0.2, -0.15) is 5.26 Å². The van der Waals surface area contributed by atoms with Crippen LogP contribution < -0.4 is 5.32 Å². The largest absolute Gasteiger partial charge is 0.379 e. The zero-order valence-electron chi connectivity index (χ0n) is 10.6. The van der Waals surface area contributed by atoms with Crippen molar-refractivity contribution in [3.63, 3.8) is 0 Å². The maximum Gasteiger partial charge on any atom is 0.155 e. The molecule has 4 nitrogen and oxygen atoms in total. The molecular formula is C14H18N2O2. The van der Waals surface area contributed by atoms with Crippen molar-refractivity contribution in [1.29, 1.82) is 5.26 Å². The van der Waals surface area contributed by atoms with Crippen LogP contribution in [0.4, 0.5) is 0 Å². The van der Waals surface area contributed by atoms with Crippen molar-refractivity contribution in [2.75, 3.05) is 26.9 Å². The van der Waals surface area contributed by atoms with E-state index in [-0.39, 0.29) is 6.10 Å². The van der Waals surface area contributed by atoms with E-state index in [1.165, 1.54) is 0 Å². The summed E-state index contributed by atoms with van der Waals surface area (Å²) < 4.78 is 11.1. The maximum absolute atomic E-state index is 9.48. The third-order valence-corrected chi connectivity index (χ3v) is 3.31. The molecule has 2 rings (SSSR count). The van der Waals surface area contributed by atoms with E-state index in [1.54, 1.807) is 7.05 Å². The van der Waals surface area contributed by atoms with E-state index in [1.807, 2.05) is 30.3 Å². The Morgan fingerprint density at radius 3 is 2.83 bits per heavy atom. The molecule has 1 aromatic carbocycles. The number of rotatable bonds is 5. The fourth-order valence-corrected chi connectivity index (χ4v) is 2.06. The van der Waals surface area contributed by atoms with Gasteiger partial charge in [0.1, 0.15) is 0 Å². The van der Waals surface area contributed by atoms with E-state index >= 15 is 0 Å². The van der Waals surface area contributed by atoms with Gasteiger partial charge < -0.3 is 9.47 Å². The molecule has 0 aliphatic carbocycles. The SMILES string of the molecule is CNC(C#N)(COC1CCOC1)c1ccccc1.